The Hall–Kier alpha value is -0.820. The highest BCUT2D eigenvalue weighted by molar-refractivity contribution is 14.1. The van der Waals surface area contributed by atoms with E-state index in [4.69, 9.17) is 4.98 Å². The predicted octanol–water partition coefficient (Wildman–Crippen LogP) is 4.68. The first-order valence-corrected chi connectivity index (χ1v) is 9.13. The first-order valence-electron chi connectivity index (χ1n) is 7.07. The first kappa shape index (κ1) is 16.5. The van der Waals surface area contributed by atoms with E-state index in [9.17, 15) is 0 Å². The van der Waals surface area contributed by atoms with Crippen LogP contribution < -0.4 is 5.32 Å². The molecular weight excluding hydrogens is 393 g/mol. The molecule has 1 aromatic carbocycles. The fourth-order valence-corrected chi connectivity index (χ4v) is 3.70. The average molecular weight is 413 g/mol. The van der Waals surface area contributed by atoms with Crippen molar-refractivity contribution in [3.05, 3.63) is 44.9 Å². The summed E-state index contributed by atoms with van der Waals surface area (Å²) in [5.74, 6) is 2.64. The molecule has 0 spiro atoms. The molecule has 0 saturated carbocycles. The number of nitrogens with zero attached hydrogens (tertiary/aromatic N) is 2. The Kier molecular flexibility index (Phi) is 6.29. The first-order chi connectivity index (χ1) is 10.2. The lowest BCUT2D eigenvalue weighted by molar-refractivity contribution is 0.846. The minimum absolute atomic E-state index is 0.799. The zero-order valence-corrected chi connectivity index (χ0v) is 15.6. The van der Waals surface area contributed by atoms with Crippen molar-refractivity contribution in [2.24, 2.45) is 0 Å². The zero-order chi connectivity index (χ0) is 15.2. The van der Waals surface area contributed by atoms with Crippen LogP contribution in [0.25, 0.3) is 0 Å². The van der Waals surface area contributed by atoms with Crippen molar-refractivity contribution in [2.45, 2.75) is 37.3 Å². The van der Waals surface area contributed by atoms with E-state index in [1.807, 2.05) is 7.05 Å². The molecule has 0 saturated heterocycles. The minimum atomic E-state index is 0.799. The van der Waals surface area contributed by atoms with Crippen molar-refractivity contribution in [1.29, 1.82) is 0 Å². The number of nitrogens with one attached hydrogen (secondary N) is 1. The Morgan fingerprint density at radius 1 is 1.24 bits per heavy atom. The Bertz CT molecular complexity index is 616. The Morgan fingerprint density at radius 3 is 2.67 bits per heavy atom. The summed E-state index contributed by atoms with van der Waals surface area (Å²) in [5, 5.41) is 3.18. The molecule has 0 aliphatic rings. The molecule has 21 heavy (non-hydrogen) atoms. The molecule has 2 aromatic rings. The summed E-state index contributed by atoms with van der Waals surface area (Å²) >= 11 is 4.13. The van der Waals surface area contributed by atoms with Crippen molar-refractivity contribution in [3.63, 3.8) is 0 Å². The molecular formula is C16H20IN3S. The smallest absolute Gasteiger partial charge is 0.143 e. The molecule has 0 bridgehead atoms. The third kappa shape index (κ3) is 4.32. The second kappa shape index (κ2) is 7.98. The van der Waals surface area contributed by atoms with Crippen LogP contribution in [-0.2, 0) is 12.2 Å². The second-order valence-electron chi connectivity index (χ2n) is 4.80. The third-order valence-electron chi connectivity index (χ3n) is 3.14. The molecule has 1 aromatic heterocycles. The molecule has 0 amide bonds. The van der Waals surface area contributed by atoms with Crippen LogP contribution in [0, 0.1) is 10.5 Å². The van der Waals surface area contributed by atoms with Crippen molar-refractivity contribution in [1.82, 2.24) is 9.97 Å². The van der Waals surface area contributed by atoms with Gasteiger partial charge in [-0.1, -0.05) is 31.5 Å². The molecule has 112 valence electrons. The molecule has 5 heteroatoms. The van der Waals surface area contributed by atoms with Crippen LogP contribution in [0.4, 0.5) is 5.82 Å². The number of rotatable bonds is 6. The Labute approximate surface area is 144 Å². The molecule has 0 unspecified atom stereocenters. The number of anilines is 1. The van der Waals surface area contributed by atoms with Crippen LogP contribution in [0.3, 0.4) is 0 Å². The number of thioether (sulfide) groups is 1. The van der Waals surface area contributed by atoms with Crippen molar-refractivity contribution in [2.75, 3.05) is 12.4 Å². The summed E-state index contributed by atoms with van der Waals surface area (Å²) in [7, 11) is 1.92. The quantitative estimate of drug-likeness (QED) is 0.552. The van der Waals surface area contributed by atoms with Gasteiger partial charge < -0.3 is 5.32 Å². The zero-order valence-electron chi connectivity index (χ0n) is 12.6. The molecule has 3 nitrogen and oxygen atoms in total. The van der Waals surface area contributed by atoms with E-state index < -0.39 is 0 Å². The van der Waals surface area contributed by atoms with Crippen LogP contribution in [-0.4, -0.2) is 17.0 Å². The molecule has 0 aliphatic carbocycles. The summed E-state index contributed by atoms with van der Waals surface area (Å²) in [4.78, 5) is 10.7. The van der Waals surface area contributed by atoms with Gasteiger partial charge in [0.25, 0.3) is 0 Å². The number of hydrogen-bond donors (Lipinski definition) is 1. The summed E-state index contributed by atoms with van der Waals surface area (Å²) in [6.45, 7) is 4.32. The van der Waals surface area contributed by atoms with Gasteiger partial charge in [-0.3, -0.25) is 0 Å². The SMILES string of the molecule is CCCc1nc(CSc2ccccc2C)nc(NC)c1I. The number of hydrogen-bond acceptors (Lipinski definition) is 4. The summed E-state index contributed by atoms with van der Waals surface area (Å²) in [6, 6.07) is 8.43. The highest BCUT2D eigenvalue weighted by Crippen LogP contribution is 2.26. The van der Waals surface area contributed by atoms with Gasteiger partial charge in [-0.15, -0.1) is 11.8 Å². The summed E-state index contributed by atoms with van der Waals surface area (Å²) < 4.78 is 1.14. The Morgan fingerprint density at radius 2 is 2.00 bits per heavy atom. The van der Waals surface area contributed by atoms with E-state index in [0.717, 1.165) is 39.5 Å². The minimum Gasteiger partial charge on any atom is -0.372 e. The molecule has 0 fully saturated rings. The van der Waals surface area contributed by atoms with Gasteiger partial charge in [0.2, 0.25) is 0 Å². The van der Waals surface area contributed by atoms with Crippen LogP contribution in [0.15, 0.2) is 29.2 Å². The maximum absolute atomic E-state index is 4.74. The van der Waals surface area contributed by atoms with E-state index in [0.29, 0.717) is 0 Å². The summed E-state index contributed by atoms with van der Waals surface area (Å²) in [5.41, 5.74) is 2.45. The van der Waals surface area contributed by atoms with Crippen molar-refractivity contribution < 1.29 is 0 Å². The molecule has 1 N–H and O–H groups in total. The molecule has 0 radical (unpaired) electrons. The lowest BCUT2D eigenvalue weighted by Crippen LogP contribution is -2.07. The number of aromatic nitrogens is 2. The van der Waals surface area contributed by atoms with Gasteiger partial charge in [-0.05, 0) is 47.6 Å². The highest BCUT2D eigenvalue weighted by Gasteiger charge is 2.11. The number of aryl methyl sites for hydroxylation is 2. The van der Waals surface area contributed by atoms with Gasteiger partial charge in [0.05, 0.1) is 15.0 Å². The van der Waals surface area contributed by atoms with Gasteiger partial charge in [0, 0.05) is 11.9 Å². The lowest BCUT2D eigenvalue weighted by Gasteiger charge is -2.11. The maximum Gasteiger partial charge on any atom is 0.143 e. The monoisotopic (exact) mass is 413 g/mol. The third-order valence-corrected chi connectivity index (χ3v) is 5.45. The van der Waals surface area contributed by atoms with E-state index in [1.54, 1.807) is 11.8 Å². The highest BCUT2D eigenvalue weighted by atomic mass is 127. The van der Waals surface area contributed by atoms with Crippen LogP contribution in [0.2, 0.25) is 0 Å². The van der Waals surface area contributed by atoms with Crippen LogP contribution >= 0.6 is 34.4 Å². The van der Waals surface area contributed by atoms with Crippen LogP contribution in [0.5, 0.6) is 0 Å². The largest absolute Gasteiger partial charge is 0.372 e. The lowest BCUT2D eigenvalue weighted by atomic mass is 10.2. The average Bonchev–Trinajstić information content (AvgIpc) is 2.49. The number of halogens is 1. The predicted molar refractivity (Wildman–Crippen MR) is 99.0 cm³/mol. The second-order valence-corrected chi connectivity index (χ2v) is 6.90. The van der Waals surface area contributed by atoms with E-state index in [2.05, 4.69) is 71.0 Å². The van der Waals surface area contributed by atoms with Gasteiger partial charge in [-0.2, -0.15) is 0 Å². The normalized spacial score (nSPS) is 10.7. The van der Waals surface area contributed by atoms with Gasteiger partial charge in [0.1, 0.15) is 11.6 Å². The van der Waals surface area contributed by atoms with Crippen molar-refractivity contribution in [3.8, 4) is 0 Å². The Balaban J connectivity index is 2.20. The standard InChI is InChI=1S/C16H20IN3S/c1-4-7-12-15(17)16(18-3)20-14(19-12)10-21-13-9-6-5-8-11(13)2/h5-6,8-9H,4,7,10H2,1-3H3,(H,18,19,20). The van der Waals surface area contributed by atoms with E-state index in [-0.39, 0.29) is 0 Å². The van der Waals surface area contributed by atoms with E-state index in [1.165, 1.54) is 10.5 Å². The van der Waals surface area contributed by atoms with Gasteiger partial charge >= 0.3 is 0 Å². The van der Waals surface area contributed by atoms with Gasteiger partial charge in [0.15, 0.2) is 0 Å². The van der Waals surface area contributed by atoms with Gasteiger partial charge in [-0.25, -0.2) is 9.97 Å². The molecule has 1 heterocycles. The molecule has 0 atom stereocenters. The molecule has 2 rings (SSSR count). The van der Waals surface area contributed by atoms with Crippen molar-refractivity contribution >= 4 is 40.2 Å². The maximum atomic E-state index is 4.74. The van der Waals surface area contributed by atoms with E-state index >= 15 is 0 Å². The topological polar surface area (TPSA) is 37.8 Å². The summed E-state index contributed by atoms with van der Waals surface area (Å²) in [6.07, 6.45) is 2.10. The molecule has 0 aliphatic heterocycles. The van der Waals surface area contributed by atoms with Crippen LogP contribution in [0.1, 0.15) is 30.4 Å². The fraction of sp³-hybridized carbons (Fsp3) is 0.375. The number of benzene rings is 1. The fourth-order valence-electron chi connectivity index (χ4n) is 2.04.